The molecule has 1 aliphatic heterocycles. The summed E-state index contributed by atoms with van der Waals surface area (Å²) in [5, 5.41) is 21.3. The predicted molar refractivity (Wildman–Crippen MR) is 45.2 cm³/mol. The molecule has 4 heteroatoms. The number of aromatic hydroxyl groups is 1. The van der Waals surface area contributed by atoms with E-state index in [4.69, 9.17) is 5.11 Å². The summed E-state index contributed by atoms with van der Waals surface area (Å²) in [5.41, 5.74) is 1.37. The molecule has 0 aromatic heterocycles. The first-order valence-corrected chi connectivity index (χ1v) is 3.56. The number of fused-ring (bicyclic) bond motifs is 1. The number of benzene rings is 1. The molecule has 1 unspecified atom stereocenters. The van der Waals surface area contributed by atoms with Gasteiger partial charge in [0.25, 0.3) is 0 Å². The van der Waals surface area contributed by atoms with Gasteiger partial charge in [0.1, 0.15) is 5.75 Å². The maximum Gasteiger partial charge on any atom is 0.175 e. The summed E-state index contributed by atoms with van der Waals surface area (Å²) in [7, 11) is 0. The van der Waals surface area contributed by atoms with E-state index in [2.05, 4.69) is 10.3 Å². The number of nitrogens with zero attached hydrogens (tertiary/aromatic N) is 1. The quantitative estimate of drug-likeness (QED) is 0.498. The van der Waals surface area contributed by atoms with Gasteiger partial charge in [0.15, 0.2) is 6.23 Å². The van der Waals surface area contributed by atoms with Crippen LogP contribution in [-0.2, 0) is 0 Å². The summed E-state index contributed by atoms with van der Waals surface area (Å²) in [6.45, 7) is 0. The van der Waals surface area contributed by atoms with E-state index in [9.17, 15) is 5.11 Å². The third kappa shape index (κ3) is 1.02. The second-order valence-electron chi connectivity index (χ2n) is 2.57. The van der Waals surface area contributed by atoms with Crippen molar-refractivity contribution in [1.82, 2.24) is 0 Å². The van der Waals surface area contributed by atoms with Gasteiger partial charge in [-0.1, -0.05) is 0 Å². The standard InChI is InChI=1S/C8H8N2O2/c11-5-1-2-7-6(3-5)8(12)10-4-9-7/h1-4,8,11-12H,(H,9,10). The SMILES string of the molecule is Oc1ccc2c(c1)C(O)N=CN2. The molecule has 62 valence electrons. The lowest BCUT2D eigenvalue weighted by Crippen LogP contribution is -2.09. The second kappa shape index (κ2) is 2.49. The zero-order chi connectivity index (χ0) is 8.55. The van der Waals surface area contributed by atoms with Gasteiger partial charge in [-0.05, 0) is 18.2 Å². The molecule has 0 spiro atoms. The van der Waals surface area contributed by atoms with Gasteiger partial charge in [0.05, 0.1) is 6.34 Å². The lowest BCUT2D eigenvalue weighted by Gasteiger charge is -2.16. The zero-order valence-electron chi connectivity index (χ0n) is 6.23. The molecule has 0 aliphatic carbocycles. The van der Waals surface area contributed by atoms with Crippen LogP contribution in [0.4, 0.5) is 5.69 Å². The van der Waals surface area contributed by atoms with Crippen LogP contribution in [0.5, 0.6) is 5.75 Å². The molecule has 0 fully saturated rings. The molecule has 1 aromatic carbocycles. The Balaban J connectivity index is 2.52. The Morgan fingerprint density at radius 2 is 2.25 bits per heavy atom. The minimum atomic E-state index is -0.867. The van der Waals surface area contributed by atoms with E-state index in [-0.39, 0.29) is 5.75 Å². The molecule has 2 rings (SSSR count). The summed E-state index contributed by atoms with van der Waals surface area (Å²) in [6.07, 6.45) is 0.567. The predicted octanol–water partition coefficient (Wildman–Crippen LogP) is 0.837. The van der Waals surface area contributed by atoms with Gasteiger partial charge < -0.3 is 15.5 Å². The number of aliphatic hydroxyl groups excluding tert-OH is 1. The van der Waals surface area contributed by atoms with Crippen molar-refractivity contribution in [2.75, 3.05) is 5.32 Å². The van der Waals surface area contributed by atoms with Crippen molar-refractivity contribution in [2.45, 2.75) is 6.23 Å². The summed E-state index contributed by atoms with van der Waals surface area (Å²) >= 11 is 0. The lowest BCUT2D eigenvalue weighted by atomic mass is 10.1. The van der Waals surface area contributed by atoms with Gasteiger partial charge in [0.2, 0.25) is 0 Å². The third-order valence-electron chi connectivity index (χ3n) is 1.75. The highest BCUT2D eigenvalue weighted by atomic mass is 16.3. The van der Waals surface area contributed by atoms with E-state index >= 15 is 0 Å². The van der Waals surface area contributed by atoms with Crippen molar-refractivity contribution >= 4 is 12.0 Å². The maximum absolute atomic E-state index is 9.34. The van der Waals surface area contributed by atoms with E-state index in [0.717, 1.165) is 5.69 Å². The van der Waals surface area contributed by atoms with Crippen molar-refractivity contribution in [3.05, 3.63) is 23.8 Å². The number of aliphatic imine (C=N–C) groups is 1. The van der Waals surface area contributed by atoms with Crippen molar-refractivity contribution < 1.29 is 10.2 Å². The molecule has 0 amide bonds. The second-order valence-corrected chi connectivity index (χ2v) is 2.57. The molecular weight excluding hydrogens is 156 g/mol. The lowest BCUT2D eigenvalue weighted by molar-refractivity contribution is 0.188. The zero-order valence-corrected chi connectivity index (χ0v) is 6.23. The molecule has 1 aromatic rings. The topological polar surface area (TPSA) is 64.8 Å². The first-order valence-electron chi connectivity index (χ1n) is 3.56. The molecular formula is C8H8N2O2. The van der Waals surface area contributed by atoms with Crippen molar-refractivity contribution in [2.24, 2.45) is 4.99 Å². The van der Waals surface area contributed by atoms with E-state index < -0.39 is 6.23 Å². The number of anilines is 1. The average Bonchev–Trinajstić information content (AvgIpc) is 2.07. The monoisotopic (exact) mass is 164 g/mol. The fraction of sp³-hybridized carbons (Fsp3) is 0.125. The van der Waals surface area contributed by atoms with E-state index in [0.29, 0.717) is 5.56 Å². The Bertz CT molecular complexity index is 336. The minimum Gasteiger partial charge on any atom is -0.508 e. The van der Waals surface area contributed by atoms with Crippen LogP contribution in [0, 0.1) is 0 Å². The minimum absolute atomic E-state index is 0.131. The van der Waals surface area contributed by atoms with Crippen LogP contribution >= 0.6 is 0 Å². The maximum atomic E-state index is 9.34. The summed E-state index contributed by atoms with van der Waals surface area (Å²) < 4.78 is 0. The number of phenolic OH excluding ortho intramolecular Hbond substituents is 1. The number of hydrogen-bond acceptors (Lipinski definition) is 4. The van der Waals surface area contributed by atoms with Gasteiger partial charge in [-0.2, -0.15) is 0 Å². The Hall–Kier alpha value is -1.55. The number of rotatable bonds is 0. The van der Waals surface area contributed by atoms with Crippen LogP contribution in [-0.4, -0.2) is 16.6 Å². The molecule has 1 heterocycles. The molecule has 0 bridgehead atoms. The van der Waals surface area contributed by atoms with Crippen LogP contribution in [0.1, 0.15) is 11.8 Å². The number of hydrogen-bond donors (Lipinski definition) is 3. The van der Waals surface area contributed by atoms with Crippen molar-refractivity contribution in [1.29, 1.82) is 0 Å². The molecule has 3 N–H and O–H groups in total. The first-order chi connectivity index (χ1) is 5.77. The van der Waals surface area contributed by atoms with Crippen LogP contribution in [0.25, 0.3) is 0 Å². The highest BCUT2D eigenvalue weighted by Crippen LogP contribution is 2.29. The Kier molecular flexibility index (Phi) is 1.48. The van der Waals surface area contributed by atoms with Crippen molar-refractivity contribution in [3.63, 3.8) is 0 Å². The molecule has 1 aliphatic rings. The third-order valence-corrected chi connectivity index (χ3v) is 1.75. The number of phenols is 1. The van der Waals surface area contributed by atoms with Crippen molar-refractivity contribution in [3.8, 4) is 5.75 Å². The first kappa shape index (κ1) is 7.12. The van der Waals surface area contributed by atoms with Gasteiger partial charge in [-0.25, -0.2) is 4.99 Å². The highest BCUT2D eigenvalue weighted by molar-refractivity contribution is 5.80. The van der Waals surface area contributed by atoms with Crippen LogP contribution in [0.15, 0.2) is 23.2 Å². The Morgan fingerprint density at radius 1 is 1.42 bits per heavy atom. The van der Waals surface area contributed by atoms with Crippen LogP contribution in [0.2, 0.25) is 0 Å². The van der Waals surface area contributed by atoms with Gasteiger partial charge in [-0.3, -0.25) is 0 Å². The van der Waals surface area contributed by atoms with E-state index in [1.165, 1.54) is 12.4 Å². The van der Waals surface area contributed by atoms with Gasteiger partial charge in [-0.15, -0.1) is 0 Å². The average molecular weight is 164 g/mol. The molecule has 1 atom stereocenters. The number of aliphatic hydroxyl groups is 1. The van der Waals surface area contributed by atoms with E-state index in [1.807, 2.05) is 0 Å². The molecule has 4 nitrogen and oxygen atoms in total. The fourth-order valence-corrected chi connectivity index (χ4v) is 1.15. The van der Waals surface area contributed by atoms with E-state index in [1.54, 1.807) is 12.1 Å². The molecule has 12 heavy (non-hydrogen) atoms. The summed E-state index contributed by atoms with van der Waals surface area (Å²) in [6, 6.07) is 4.74. The smallest absolute Gasteiger partial charge is 0.175 e. The molecule has 0 saturated carbocycles. The van der Waals surface area contributed by atoms with Gasteiger partial charge in [0, 0.05) is 11.3 Å². The van der Waals surface area contributed by atoms with Crippen LogP contribution in [0.3, 0.4) is 0 Å². The largest absolute Gasteiger partial charge is 0.508 e. The normalized spacial score (nSPS) is 19.9. The van der Waals surface area contributed by atoms with Crippen LogP contribution < -0.4 is 5.32 Å². The summed E-state index contributed by atoms with van der Waals surface area (Å²) in [4.78, 5) is 3.72. The fourth-order valence-electron chi connectivity index (χ4n) is 1.15. The molecule has 0 saturated heterocycles. The Labute approximate surface area is 69.2 Å². The molecule has 0 radical (unpaired) electrons. The highest BCUT2D eigenvalue weighted by Gasteiger charge is 2.14. The summed E-state index contributed by atoms with van der Waals surface area (Å²) in [5.74, 6) is 0.131. The Morgan fingerprint density at radius 3 is 3.08 bits per heavy atom. The number of nitrogens with one attached hydrogen (secondary N) is 1. The van der Waals surface area contributed by atoms with Gasteiger partial charge >= 0.3 is 0 Å².